The maximum Gasteiger partial charge on any atom is 0.433 e. The highest BCUT2D eigenvalue weighted by atomic mass is 19.4. The summed E-state index contributed by atoms with van der Waals surface area (Å²) in [7, 11) is 0. The first kappa shape index (κ1) is 23.5. The highest BCUT2D eigenvalue weighted by Crippen LogP contribution is 2.40. The molecule has 190 valence electrons. The predicted octanol–water partition coefficient (Wildman–Crippen LogP) is 4.10. The van der Waals surface area contributed by atoms with Crippen molar-refractivity contribution < 1.29 is 35.5 Å². The first-order valence-corrected chi connectivity index (χ1v) is 10.9. The molecule has 1 unspecified atom stereocenters. The van der Waals surface area contributed by atoms with Gasteiger partial charge in [-0.2, -0.15) is 31.3 Å². The number of nitrogens with one attached hydrogen (secondary N) is 1. The van der Waals surface area contributed by atoms with Gasteiger partial charge in [-0.25, -0.2) is 4.52 Å². The number of aromatic nitrogens is 5. The van der Waals surface area contributed by atoms with E-state index in [0.717, 1.165) is 25.8 Å². The number of aryl methyl sites for hydroxylation is 1. The van der Waals surface area contributed by atoms with Crippen molar-refractivity contribution in [1.29, 1.82) is 0 Å². The summed E-state index contributed by atoms with van der Waals surface area (Å²) < 4.78 is 90.5. The van der Waals surface area contributed by atoms with Crippen LogP contribution in [0.5, 0.6) is 5.75 Å². The lowest BCUT2D eigenvalue weighted by Crippen LogP contribution is -2.48. The number of pyridine rings is 1. The number of hydrogen-bond acceptors (Lipinski definition) is 8. The Bertz CT molecular complexity index is 1210. The second-order valence-corrected chi connectivity index (χ2v) is 8.83. The number of halogens is 6. The van der Waals surface area contributed by atoms with E-state index in [1.807, 2.05) is 4.90 Å². The molecule has 0 radical (unpaired) electrons. The van der Waals surface area contributed by atoms with Crippen molar-refractivity contribution >= 4 is 17.6 Å². The van der Waals surface area contributed by atoms with Crippen LogP contribution in [0.2, 0.25) is 0 Å². The largest absolute Gasteiger partial charge is 0.477 e. The van der Waals surface area contributed by atoms with Crippen LogP contribution in [0.25, 0.3) is 5.65 Å². The summed E-state index contributed by atoms with van der Waals surface area (Å²) in [5.41, 5.74) is -1.63. The number of fused-ring (bicyclic) bond motifs is 3. The highest BCUT2D eigenvalue weighted by Gasteiger charge is 2.44. The normalized spacial score (nSPS) is 23.7. The summed E-state index contributed by atoms with van der Waals surface area (Å²) in [5, 5.41) is 14.9. The van der Waals surface area contributed by atoms with E-state index in [1.54, 1.807) is 6.92 Å². The predicted molar refractivity (Wildman–Crippen MR) is 109 cm³/mol. The molecule has 2 bridgehead atoms. The smallest absolute Gasteiger partial charge is 0.433 e. The Morgan fingerprint density at radius 3 is 2.34 bits per heavy atom. The third kappa shape index (κ3) is 4.43. The molecular weight excluding hydrogens is 484 g/mol. The maximum atomic E-state index is 13.6. The van der Waals surface area contributed by atoms with Crippen molar-refractivity contribution in [3.8, 4) is 5.75 Å². The topological polar surface area (TPSA) is 93.6 Å². The van der Waals surface area contributed by atoms with Gasteiger partial charge in [-0.05, 0) is 43.7 Å². The monoisotopic (exact) mass is 505 g/mol. The Balaban J connectivity index is 1.42. The Hall–Kier alpha value is -3.26. The molecule has 2 fully saturated rings. The molecule has 5 rings (SSSR count). The van der Waals surface area contributed by atoms with Gasteiger partial charge >= 0.3 is 18.4 Å². The molecule has 9 nitrogen and oxygen atoms in total. The van der Waals surface area contributed by atoms with Gasteiger partial charge < -0.3 is 19.4 Å². The van der Waals surface area contributed by atoms with Crippen molar-refractivity contribution in [2.24, 2.45) is 11.8 Å². The van der Waals surface area contributed by atoms with Crippen molar-refractivity contribution in [1.82, 2.24) is 24.8 Å². The average molecular weight is 505 g/mol. The van der Waals surface area contributed by atoms with E-state index in [2.05, 4.69) is 25.6 Å². The lowest BCUT2D eigenvalue weighted by Gasteiger charge is -2.37. The van der Waals surface area contributed by atoms with Crippen LogP contribution in [0, 0.1) is 18.8 Å². The molecule has 4 heterocycles. The summed E-state index contributed by atoms with van der Waals surface area (Å²) >= 11 is 0. The molecule has 4 atom stereocenters. The summed E-state index contributed by atoms with van der Waals surface area (Å²) in [6.07, 6.45) is -10.0. The molecule has 1 saturated heterocycles. The van der Waals surface area contributed by atoms with Crippen molar-refractivity contribution in [3.05, 3.63) is 23.7 Å². The van der Waals surface area contributed by atoms with E-state index in [1.165, 1.54) is 0 Å². The van der Waals surface area contributed by atoms with Gasteiger partial charge in [0.1, 0.15) is 5.69 Å². The molecule has 35 heavy (non-hydrogen) atoms. The molecule has 1 N–H and O–H groups in total. The van der Waals surface area contributed by atoms with Gasteiger partial charge in [0.2, 0.25) is 11.8 Å². The first-order chi connectivity index (χ1) is 16.4. The van der Waals surface area contributed by atoms with Gasteiger partial charge in [0, 0.05) is 26.1 Å². The van der Waals surface area contributed by atoms with Gasteiger partial charge in [0.25, 0.3) is 0 Å². The van der Waals surface area contributed by atoms with E-state index in [-0.39, 0.29) is 23.8 Å². The number of piperidine rings is 1. The SMILES string of the molecule is Cc1nnc(N2C[C@H]3CC[C@@H](C2)C3Nc2nc3c(O[C@@H](C)C(F)(F)F)ccc(C(F)(F)F)n3n2)o1. The number of rotatable bonds is 5. The molecular formula is C20H21F6N7O2. The van der Waals surface area contributed by atoms with E-state index in [0.29, 0.717) is 35.6 Å². The third-order valence-electron chi connectivity index (χ3n) is 6.42. The van der Waals surface area contributed by atoms with Crippen molar-refractivity contribution in [2.45, 2.75) is 51.2 Å². The standard InChI is InChI=1S/C20H21F6N7O2/c1-9(19(21,22)23)34-13-5-6-14(20(24,25)26)33-16(13)28-17(31-33)27-15-11-3-4-12(15)8-32(7-11)18-30-29-10(2)35-18/h5-6,9,11-12,15H,3-4,7-8H2,1-2H3,(H,27,31)/t9-,11-,12+,15?/m0/s1. The quantitative estimate of drug-likeness (QED) is 0.519. The molecule has 1 saturated carbocycles. The number of nitrogens with zero attached hydrogens (tertiary/aromatic N) is 6. The van der Waals surface area contributed by atoms with Crippen LogP contribution < -0.4 is 15.0 Å². The maximum absolute atomic E-state index is 13.6. The summed E-state index contributed by atoms with van der Waals surface area (Å²) in [6.45, 7) is 3.64. The van der Waals surface area contributed by atoms with Gasteiger partial charge in [-0.15, -0.1) is 10.2 Å². The van der Waals surface area contributed by atoms with E-state index < -0.39 is 35.5 Å². The molecule has 0 aromatic carbocycles. The van der Waals surface area contributed by atoms with Crippen LogP contribution in [-0.2, 0) is 6.18 Å². The number of alkyl halides is 6. The Morgan fingerprint density at radius 1 is 1.09 bits per heavy atom. The second kappa shape index (κ2) is 8.16. The minimum absolute atomic E-state index is 0.107. The minimum atomic E-state index is -4.80. The second-order valence-electron chi connectivity index (χ2n) is 8.83. The molecule has 0 amide bonds. The number of hydrogen-bond donors (Lipinski definition) is 1. The number of anilines is 2. The van der Waals surface area contributed by atoms with Crippen molar-refractivity contribution in [2.75, 3.05) is 23.3 Å². The van der Waals surface area contributed by atoms with Gasteiger partial charge in [-0.1, -0.05) is 5.10 Å². The van der Waals surface area contributed by atoms with Crippen LogP contribution in [0.1, 0.15) is 31.4 Å². The first-order valence-electron chi connectivity index (χ1n) is 10.9. The Kier molecular flexibility index (Phi) is 5.47. The third-order valence-corrected chi connectivity index (χ3v) is 6.42. The zero-order valence-corrected chi connectivity index (χ0v) is 18.6. The van der Waals surface area contributed by atoms with Gasteiger partial charge in [0.05, 0.1) is 0 Å². The molecule has 0 spiro atoms. The van der Waals surface area contributed by atoms with Crippen LogP contribution in [0.3, 0.4) is 0 Å². The van der Waals surface area contributed by atoms with Crippen LogP contribution in [0.15, 0.2) is 16.5 Å². The molecule has 1 aliphatic carbocycles. The van der Waals surface area contributed by atoms with E-state index in [9.17, 15) is 26.3 Å². The number of ether oxygens (including phenoxy) is 1. The van der Waals surface area contributed by atoms with E-state index in [4.69, 9.17) is 9.15 Å². The fraction of sp³-hybridized carbons (Fsp3) is 0.600. The average Bonchev–Trinajstić information content (AvgIpc) is 3.43. The van der Waals surface area contributed by atoms with Crippen LogP contribution in [-0.4, -0.2) is 56.2 Å². The van der Waals surface area contributed by atoms with Crippen LogP contribution in [0.4, 0.5) is 38.3 Å². The lowest BCUT2D eigenvalue weighted by atomic mass is 9.92. The van der Waals surface area contributed by atoms with E-state index >= 15 is 0 Å². The molecule has 2 aliphatic rings. The van der Waals surface area contributed by atoms with Gasteiger partial charge in [0.15, 0.2) is 17.5 Å². The summed E-state index contributed by atoms with van der Waals surface area (Å²) in [4.78, 5) is 6.06. The minimum Gasteiger partial charge on any atom is -0.477 e. The molecule has 3 aromatic heterocycles. The Morgan fingerprint density at radius 2 is 1.77 bits per heavy atom. The molecule has 1 aliphatic heterocycles. The summed E-state index contributed by atoms with van der Waals surface area (Å²) in [6, 6.07) is 1.73. The zero-order valence-electron chi connectivity index (χ0n) is 18.6. The summed E-state index contributed by atoms with van der Waals surface area (Å²) in [5.74, 6) is 0.0919. The Labute approximate surface area is 194 Å². The van der Waals surface area contributed by atoms with Gasteiger partial charge in [-0.3, -0.25) is 0 Å². The molecule has 3 aromatic rings. The van der Waals surface area contributed by atoms with Crippen molar-refractivity contribution in [3.63, 3.8) is 0 Å². The highest BCUT2D eigenvalue weighted by molar-refractivity contribution is 5.57. The lowest BCUT2D eigenvalue weighted by molar-refractivity contribution is -0.189. The fourth-order valence-electron chi connectivity index (χ4n) is 4.74. The fourth-order valence-corrected chi connectivity index (χ4v) is 4.74. The molecule has 15 heteroatoms. The zero-order chi connectivity index (χ0) is 25.1. The van der Waals surface area contributed by atoms with Crippen LogP contribution >= 0.6 is 0 Å².